The molecule has 0 aliphatic carbocycles. The van der Waals surface area contributed by atoms with Crippen LogP contribution in [-0.2, 0) is 20.7 Å². The standard InChI is InChI=1S/C19H18FNO3/c1-24-19(23)11-14-12-21(17-9-5-3-7-15(14)17)18(22)10-13-6-2-4-8-16(13)20/h2-9,14H,10-12H2,1H3. The maximum absolute atomic E-state index is 13.8. The highest BCUT2D eigenvalue weighted by Gasteiger charge is 2.33. The molecule has 0 bridgehead atoms. The zero-order valence-corrected chi connectivity index (χ0v) is 13.4. The molecule has 0 saturated carbocycles. The summed E-state index contributed by atoms with van der Waals surface area (Å²) in [7, 11) is 1.35. The lowest BCUT2D eigenvalue weighted by atomic mass is 9.98. The van der Waals surface area contributed by atoms with Gasteiger partial charge >= 0.3 is 5.97 Å². The van der Waals surface area contributed by atoms with Crippen LogP contribution in [0.3, 0.4) is 0 Å². The molecular formula is C19H18FNO3. The fourth-order valence-corrected chi connectivity index (χ4v) is 3.09. The first-order chi connectivity index (χ1) is 11.6. The Hall–Kier alpha value is -2.69. The quantitative estimate of drug-likeness (QED) is 0.811. The van der Waals surface area contributed by atoms with Crippen molar-refractivity contribution in [1.29, 1.82) is 0 Å². The van der Waals surface area contributed by atoms with Gasteiger partial charge in [-0.2, -0.15) is 0 Å². The molecule has 4 nitrogen and oxygen atoms in total. The van der Waals surface area contributed by atoms with Crippen molar-refractivity contribution < 1.29 is 18.7 Å². The van der Waals surface area contributed by atoms with Gasteiger partial charge in [0.25, 0.3) is 0 Å². The molecule has 0 radical (unpaired) electrons. The Morgan fingerprint density at radius 2 is 1.88 bits per heavy atom. The van der Waals surface area contributed by atoms with Crippen LogP contribution in [0.2, 0.25) is 0 Å². The minimum atomic E-state index is -0.385. The Kier molecular flexibility index (Phi) is 4.60. The topological polar surface area (TPSA) is 46.6 Å². The van der Waals surface area contributed by atoms with Crippen LogP contribution in [0, 0.1) is 5.82 Å². The molecule has 1 atom stereocenters. The maximum Gasteiger partial charge on any atom is 0.306 e. The second kappa shape index (κ2) is 6.83. The van der Waals surface area contributed by atoms with Gasteiger partial charge in [0.05, 0.1) is 20.0 Å². The van der Waals surface area contributed by atoms with E-state index in [4.69, 9.17) is 4.74 Å². The van der Waals surface area contributed by atoms with E-state index < -0.39 is 0 Å². The third-order valence-electron chi connectivity index (χ3n) is 4.31. The molecule has 0 N–H and O–H groups in total. The van der Waals surface area contributed by atoms with Gasteiger partial charge in [0.15, 0.2) is 0 Å². The van der Waals surface area contributed by atoms with E-state index in [1.807, 2.05) is 24.3 Å². The van der Waals surface area contributed by atoms with Crippen LogP contribution in [0.4, 0.5) is 10.1 Å². The molecule has 1 heterocycles. The van der Waals surface area contributed by atoms with Crippen LogP contribution >= 0.6 is 0 Å². The van der Waals surface area contributed by atoms with E-state index in [1.165, 1.54) is 13.2 Å². The summed E-state index contributed by atoms with van der Waals surface area (Å²) in [6.07, 6.45) is 0.211. The van der Waals surface area contributed by atoms with Crippen LogP contribution in [0.15, 0.2) is 48.5 Å². The van der Waals surface area contributed by atoms with Gasteiger partial charge in [0.1, 0.15) is 5.82 Å². The van der Waals surface area contributed by atoms with Crippen molar-refractivity contribution >= 4 is 17.6 Å². The molecular weight excluding hydrogens is 309 g/mol. The first kappa shape index (κ1) is 16.2. The van der Waals surface area contributed by atoms with Gasteiger partial charge in [-0.3, -0.25) is 9.59 Å². The lowest BCUT2D eigenvalue weighted by Crippen LogP contribution is -2.31. The summed E-state index contributed by atoms with van der Waals surface area (Å²) in [5, 5.41) is 0. The first-order valence-electron chi connectivity index (χ1n) is 7.79. The van der Waals surface area contributed by atoms with Gasteiger partial charge in [-0.15, -0.1) is 0 Å². The van der Waals surface area contributed by atoms with E-state index in [9.17, 15) is 14.0 Å². The van der Waals surface area contributed by atoms with E-state index in [0.717, 1.165) is 11.3 Å². The van der Waals surface area contributed by atoms with E-state index in [2.05, 4.69) is 0 Å². The summed E-state index contributed by atoms with van der Waals surface area (Å²) in [6.45, 7) is 0.404. The van der Waals surface area contributed by atoms with Crippen LogP contribution in [-0.4, -0.2) is 25.5 Å². The van der Waals surface area contributed by atoms with Gasteiger partial charge in [-0.1, -0.05) is 36.4 Å². The third-order valence-corrected chi connectivity index (χ3v) is 4.31. The molecule has 0 fully saturated rings. The van der Waals surface area contributed by atoms with E-state index in [1.54, 1.807) is 23.1 Å². The largest absolute Gasteiger partial charge is 0.469 e. The Balaban J connectivity index is 1.82. The van der Waals surface area contributed by atoms with E-state index in [0.29, 0.717) is 12.1 Å². The number of esters is 1. The molecule has 2 aromatic carbocycles. The Morgan fingerprint density at radius 1 is 1.17 bits per heavy atom. The second-order valence-electron chi connectivity index (χ2n) is 5.81. The number of fused-ring (bicyclic) bond motifs is 1. The number of methoxy groups -OCH3 is 1. The highest BCUT2D eigenvalue weighted by Crippen LogP contribution is 2.38. The van der Waals surface area contributed by atoms with E-state index >= 15 is 0 Å². The van der Waals surface area contributed by atoms with Crippen molar-refractivity contribution in [3.8, 4) is 0 Å². The highest BCUT2D eigenvalue weighted by molar-refractivity contribution is 5.97. The molecule has 0 saturated heterocycles. The number of ether oxygens (including phenoxy) is 1. The summed E-state index contributed by atoms with van der Waals surface area (Å²) in [5.74, 6) is -0.971. The molecule has 0 spiro atoms. The van der Waals surface area contributed by atoms with Gasteiger partial charge < -0.3 is 9.64 Å². The number of carbonyl (C=O) groups is 2. The Morgan fingerprint density at radius 3 is 2.62 bits per heavy atom. The normalized spacial score (nSPS) is 15.9. The Labute approximate surface area is 139 Å². The number of hydrogen-bond acceptors (Lipinski definition) is 3. The predicted octanol–water partition coefficient (Wildman–Crippen LogP) is 3.06. The molecule has 1 aliphatic rings. The maximum atomic E-state index is 13.8. The summed E-state index contributed by atoms with van der Waals surface area (Å²) in [6, 6.07) is 13.8. The Bertz CT molecular complexity index is 775. The number of para-hydroxylation sites is 1. The van der Waals surface area contributed by atoms with Crippen LogP contribution in [0.1, 0.15) is 23.5 Å². The molecule has 0 aromatic heterocycles. The van der Waals surface area contributed by atoms with Crippen LogP contribution in [0.5, 0.6) is 0 Å². The van der Waals surface area contributed by atoms with Crippen LogP contribution in [0.25, 0.3) is 0 Å². The molecule has 1 unspecified atom stereocenters. The molecule has 3 rings (SSSR count). The molecule has 24 heavy (non-hydrogen) atoms. The minimum Gasteiger partial charge on any atom is -0.469 e. The SMILES string of the molecule is COC(=O)CC1CN(C(=O)Cc2ccccc2F)c2ccccc21. The number of amides is 1. The van der Waals surface area contributed by atoms with Crippen LogP contribution < -0.4 is 4.90 Å². The predicted molar refractivity (Wildman–Crippen MR) is 88.3 cm³/mol. The van der Waals surface area contributed by atoms with Gasteiger partial charge in [-0.05, 0) is 23.3 Å². The molecule has 2 aromatic rings. The fraction of sp³-hybridized carbons (Fsp3) is 0.263. The first-order valence-corrected chi connectivity index (χ1v) is 7.79. The molecule has 124 valence electrons. The monoisotopic (exact) mass is 327 g/mol. The summed E-state index contributed by atoms with van der Waals surface area (Å²) in [4.78, 5) is 25.9. The average Bonchev–Trinajstić information content (AvgIpc) is 2.96. The second-order valence-corrected chi connectivity index (χ2v) is 5.81. The summed E-state index contributed by atoms with van der Waals surface area (Å²) in [5.41, 5.74) is 2.11. The number of hydrogen-bond donors (Lipinski definition) is 0. The zero-order valence-electron chi connectivity index (χ0n) is 13.4. The van der Waals surface area contributed by atoms with Gasteiger partial charge in [0, 0.05) is 18.2 Å². The van der Waals surface area contributed by atoms with Crippen molar-refractivity contribution in [3.05, 3.63) is 65.5 Å². The van der Waals surface area contributed by atoms with Gasteiger partial charge in [-0.25, -0.2) is 4.39 Å². The number of halogens is 1. The minimum absolute atomic E-state index is 0.00798. The summed E-state index contributed by atoms with van der Waals surface area (Å²) >= 11 is 0. The number of nitrogens with zero attached hydrogens (tertiary/aromatic N) is 1. The lowest BCUT2D eigenvalue weighted by Gasteiger charge is -2.18. The smallest absolute Gasteiger partial charge is 0.306 e. The molecule has 5 heteroatoms. The van der Waals surface area contributed by atoms with Crippen molar-refractivity contribution in [2.45, 2.75) is 18.8 Å². The average molecular weight is 327 g/mol. The van der Waals surface area contributed by atoms with Crippen molar-refractivity contribution in [2.75, 3.05) is 18.6 Å². The van der Waals surface area contributed by atoms with Gasteiger partial charge in [0.2, 0.25) is 5.91 Å². The highest BCUT2D eigenvalue weighted by atomic mass is 19.1. The molecule has 1 aliphatic heterocycles. The number of anilines is 1. The lowest BCUT2D eigenvalue weighted by molar-refractivity contribution is -0.141. The third kappa shape index (κ3) is 3.15. The number of carbonyl (C=O) groups excluding carboxylic acids is 2. The number of benzene rings is 2. The van der Waals surface area contributed by atoms with Crippen molar-refractivity contribution in [2.24, 2.45) is 0 Å². The summed E-state index contributed by atoms with van der Waals surface area (Å²) < 4.78 is 18.5. The van der Waals surface area contributed by atoms with E-state index in [-0.39, 0.29) is 36.5 Å². The van der Waals surface area contributed by atoms with Crippen molar-refractivity contribution in [3.63, 3.8) is 0 Å². The molecule has 1 amide bonds. The number of rotatable bonds is 4. The van der Waals surface area contributed by atoms with Crippen molar-refractivity contribution in [1.82, 2.24) is 0 Å². The zero-order chi connectivity index (χ0) is 17.1. The fourth-order valence-electron chi connectivity index (χ4n) is 3.09.